The molecule has 2 aromatic carbocycles. The number of nitrogens with one attached hydrogen (secondary N) is 1. The van der Waals surface area contributed by atoms with E-state index in [0.29, 0.717) is 24.4 Å². The van der Waals surface area contributed by atoms with Gasteiger partial charge in [0.25, 0.3) is 5.91 Å². The lowest BCUT2D eigenvalue weighted by molar-refractivity contribution is -0.123. The van der Waals surface area contributed by atoms with Crippen molar-refractivity contribution in [3.63, 3.8) is 0 Å². The highest BCUT2D eigenvalue weighted by atomic mass is 32.2. The van der Waals surface area contributed by atoms with E-state index in [1.807, 2.05) is 0 Å². The maximum Gasteiger partial charge on any atom is 0.258 e. The van der Waals surface area contributed by atoms with E-state index in [0.717, 1.165) is 25.7 Å². The van der Waals surface area contributed by atoms with Crippen molar-refractivity contribution in [1.29, 1.82) is 0 Å². The van der Waals surface area contributed by atoms with E-state index < -0.39 is 20.0 Å². The van der Waals surface area contributed by atoms with Crippen LogP contribution in [-0.2, 0) is 31.4 Å². The lowest BCUT2D eigenvalue weighted by Crippen LogP contribution is -2.31. The van der Waals surface area contributed by atoms with Crippen LogP contribution in [0, 0.1) is 0 Å². The third-order valence-corrected chi connectivity index (χ3v) is 7.98. The van der Waals surface area contributed by atoms with Gasteiger partial charge in [-0.3, -0.25) is 4.79 Å². The van der Waals surface area contributed by atoms with Gasteiger partial charge < -0.3 is 10.1 Å². The van der Waals surface area contributed by atoms with Crippen LogP contribution in [0.3, 0.4) is 0 Å². The number of amides is 1. The Labute approximate surface area is 188 Å². The van der Waals surface area contributed by atoms with Crippen LogP contribution in [0.2, 0.25) is 0 Å². The minimum Gasteiger partial charge on any atom is -0.484 e. The van der Waals surface area contributed by atoms with Crippen molar-refractivity contribution >= 4 is 26.0 Å². The van der Waals surface area contributed by atoms with Gasteiger partial charge in [-0.1, -0.05) is 25.0 Å². The zero-order valence-electron chi connectivity index (χ0n) is 17.6. The number of carbonyl (C=O) groups is 1. The monoisotopic (exact) mass is 481 g/mol. The van der Waals surface area contributed by atoms with Crippen LogP contribution in [0.1, 0.15) is 31.2 Å². The van der Waals surface area contributed by atoms with Gasteiger partial charge >= 0.3 is 0 Å². The molecule has 0 spiro atoms. The van der Waals surface area contributed by atoms with Crippen molar-refractivity contribution < 1.29 is 26.4 Å². The molecule has 0 radical (unpaired) electrons. The molecule has 0 bridgehead atoms. The van der Waals surface area contributed by atoms with Crippen molar-refractivity contribution in [3.05, 3.63) is 54.1 Å². The fourth-order valence-corrected chi connectivity index (χ4v) is 5.37. The maximum absolute atomic E-state index is 12.8. The fraction of sp³-hybridized carbons (Fsp3) is 0.381. The number of carbonyl (C=O) groups excluding carboxylic acids is 1. The summed E-state index contributed by atoms with van der Waals surface area (Å²) in [6.07, 6.45) is 3.82. The van der Waals surface area contributed by atoms with Crippen LogP contribution < -0.4 is 15.2 Å². The highest BCUT2D eigenvalue weighted by Crippen LogP contribution is 2.22. The smallest absolute Gasteiger partial charge is 0.258 e. The molecule has 1 aliphatic rings. The largest absolute Gasteiger partial charge is 0.484 e. The maximum atomic E-state index is 12.8. The van der Waals surface area contributed by atoms with Crippen molar-refractivity contribution in [2.45, 2.75) is 42.0 Å². The van der Waals surface area contributed by atoms with Gasteiger partial charge in [0.05, 0.1) is 9.79 Å². The van der Waals surface area contributed by atoms with Crippen molar-refractivity contribution in [1.82, 2.24) is 9.62 Å². The SMILES string of the molecule is NS(=O)(=O)c1ccc(CNC(=O)COc2ccc(S(=O)(=O)N3CCCCCC3)cc2)cc1. The lowest BCUT2D eigenvalue weighted by Gasteiger charge is -2.20. The molecule has 9 nitrogen and oxygen atoms in total. The molecular weight excluding hydrogens is 454 g/mol. The van der Waals surface area contributed by atoms with Crippen molar-refractivity contribution in [2.75, 3.05) is 19.7 Å². The molecule has 1 saturated heterocycles. The fourth-order valence-electron chi connectivity index (χ4n) is 3.34. The zero-order valence-corrected chi connectivity index (χ0v) is 19.2. The quantitative estimate of drug-likeness (QED) is 0.588. The summed E-state index contributed by atoms with van der Waals surface area (Å²) >= 11 is 0. The average molecular weight is 482 g/mol. The van der Waals surface area contributed by atoms with Crippen LogP contribution >= 0.6 is 0 Å². The number of nitrogens with zero attached hydrogens (tertiary/aromatic N) is 1. The van der Waals surface area contributed by atoms with Crippen molar-refractivity contribution in [3.8, 4) is 5.75 Å². The molecule has 0 saturated carbocycles. The third kappa shape index (κ3) is 6.52. The second kappa shape index (κ2) is 10.4. The Morgan fingerprint density at radius 3 is 2.00 bits per heavy atom. The third-order valence-electron chi connectivity index (χ3n) is 5.14. The number of nitrogens with two attached hydrogens (primary N) is 1. The number of hydrogen-bond donors (Lipinski definition) is 2. The van der Waals surface area contributed by atoms with E-state index >= 15 is 0 Å². The Kier molecular flexibility index (Phi) is 7.88. The standard InChI is InChI=1S/C21H27N3O6S2/c22-31(26,27)19-9-5-17(6-10-19)15-23-21(25)16-30-18-7-11-20(12-8-18)32(28,29)24-13-3-1-2-4-14-24/h5-12H,1-4,13-16H2,(H,23,25)(H2,22,26,27). The van der Waals surface area contributed by atoms with Gasteiger partial charge in [0.1, 0.15) is 5.75 Å². The topological polar surface area (TPSA) is 136 Å². The molecule has 32 heavy (non-hydrogen) atoms. The Morgan fingerprint density at radius 1 is 0.875 bits per heavy atom. The van der Waals surface area contributed by atoms with Crippen LogP contribution in [0.25, 0.3) is 0 Å². The number of ether oxygens (including phenoxy) is 1. The highest BCUT2D eigenvalue weighted by molar-refractivity contribution is 7.89. The normalized spacial score (nSPS) is 15.7. The Morgan fingerprint density at radius 2 is 1.44 bits per heavy atom. The van der Waals surface area contributed by atoms with Gasteiger partial charge in [0, 0.05) is 19.6 Å². The lowest BCUT2D eigenvalue weighted by atomic mass is 10.2. The van der Waals surface area contributed by atoms with E-state index in [1.54, 1.807) is 12.1 Å². The van der Waals surface area contributed by atoms with Crippen LogP contribution in [0.5, 0.6) is 5.75 Å². The van der Waals surface area contributed by atoms with Crippen LogP contribution in [0.4, 0.5) is 0 Å². The Bertz CT molecular complexity index is 1120. The van der Waals surface area contributed by atoms with E-state index in [2.05, 4.69) is 5.32 Å². The summed E-state index contributed by atoms with van der Waals surface area (Å²) in [6, 6.07) is 11.9. The molecule has 3 rings (SSSR count). The molecule has 3 N–H and O–H groups in total. The van der Waals surface area contributed by atoms with E-state index in [1.165, 1.54) is 40.7 Å². The zero-order chi connectivity index (χ0) is 23.2. The molecule has 0 unspecified atom stereocenters. The molecule has 1 heterocycles. The summed E-state index contributed by atoms with van der Waals surface area (Å²) in [5.41, 5.74) is 0.703. The van der Waals surface area contributed by atoms with Crippen LogP contribution in [0.15, 0.2) is 58.3 Å². The molecule has 11 heteroatoms. The summed E-state index contributed by atoms with van der Waals surface area (Å²) in [7, 11) is -7.29. The molecular formula is C21H27N3O6S2. The van der Waals surface area contributed by atoms with E-state index in [-0.39, 0.29) is 28.8 Å². The summed E-state index contributed by atoms with van der Waals surface area (Å²) < 4.78 is 55.1. The number of benzene rings is 2. The average Bonchev–Trinajstić information content (AvgIpc) is 3.06. The number of sulfonamides is 2. The van der Waals surface area contributed by atoms with E-state index in [4.69, 9.17) is 9.88 Å². The predicted octanol–water partition coefficient (Wildman–Crippen LogP) is 1.59. The number of hydrogen-bond acceptors (Lipinski definition) is 6. The summed E-state index contributed by atoms with van der Waals surface area (Å²) in [5, 5.41) is 7.72. The number of primary sulfonamides is 1. The summed E-state index contributed by atoms with van der Waals surface area (Å²) in [4.78, 5) is 12.2. The Hall–Kier alpha value is -2.47. The molecule has 1 fully saturated rings. The van der Waals surface area contributed by atoms with Gasteiger partial charge in [-0.25, -0.2) is 22.0 Å². The van der Waals surface area contributed by atoms with Gasteiger partial charge in [0.2, 0.25) is 20.0 Å². The van der Waals surface area contributed by atoms with Crippen LogP contribution in [-0.4, -0.2) is 46.7 Å². The first-order valence-corrected chi connectivity index (χ1v) is 13.3. The second-order valence-electron chi connectivity index (χ2n) is 7.54. The summed E-state index contributed by atoms with van der Waals surface area (Å²) in [5.74, 6) is 0.00857. The minimum atomic E-state index is -3.76. The second-order valence-corrected chi connectivity index (χ2v) is 11.0. The Balaban J connectivity index is 1.50. The predicted molar refractivity (Wildman–Crippen MR) is 119 cm³/mol. The molecule has 0 aromatic heterocycles. The van der Waals surface area contributed by atoms with Gasteiger partial charge in [-0.15, -0.1) is 0 Å². The van der Waals surface area contributed by atoms with Gasteiger partial charge in [0.15, 0.2) is 6.61 Å². The first kappa shape index (κ1) is 24.2. The molecule has 1 aliphatic heterocycles. The first-order chi connectivity index (χ1) is 15.2. The molecule has 2 aromatic rings. The van der Waals surface area contributed by atoms with Gasteiger partial charge in [-0.05, 0) is 54.8 Å². The minimum absolute atomic E-state index is 0.00258. The molecule has 0 atom stereocenters. The molecule has 0 aliphatic carbocycles. The number of rotatable bonds is 8. The highest BCUT2D eigenvalue weighted by Gasteiger charge is 2.25. The van der Waals surface area contributed by atoms with Crippen molar-refractivity contribution in [2.24, 2.45) is 5.14 Å². The van der Waals surface area contributed by atoms with Gasteiger partial charge in [-0.2, -0.15) is 4.31 Å². The summed E-state index contributed by atoms with van der Waals surface area (Å²) in [6.45, 7) is 1.02. The van der Waals surface area contributed by atoms with E-state index in [9.17, 15) is 21.6 Å². The first-order valence-electron chi connectivity index (χ1n) is 10.3. The molecule has 174 valence electrons. The molecule has 1 amide bonds.